The summed E-state index contributed by atoms with van der Waals surface area (Å²) in [6, 6.07) is 13.8. The molecule has 8 nitrogen and oxygen atoms in total. The number of rotatable bonds is 4. The number of halogens is 1. The Morgan fingerprint density at radius 1 is 0.870 bits per heavy atom. The molecule has 0 amide bonds. The lowest BCUT2D eigenvalue weighted by Crippen LogP contribution is -2.23. The summed E-state index contributed by atoms with van der Waals surface area (Å²) >= 11 is 5.79. The minimum Gasteiger partial charge on any atom is -0.369 e. The summed E-state index contributed by atoms with van der Waals surface area (Å²) in [5.41, 5.74) is 20.8. The minimum atomic E-state index is -0.0556. The maximum Gasteiger partial charge on any atom is 0.240 e. The van der Waals surface area contributed by atoms with Crippen molar-refractivity contribution in [2.45, 2.75) is 0 Å². The van der Waals surface area contributed by atoms with Crippen LogP contribution in [0.1, 0.15) is 0 Å². The first kappa shape index (κ1) is 16.2. The Morgan fingerprint density at radius 2 is 1.48 bits per heavy atom. The molecule has 0 aliphatic carbocycles. The van der Waals surface area contributed by atoms with Crippen molar-refractivity contribution in [3.63, 3.8) is 0 Å². The number of anilines is 1. The van der Waals surface area contributed by atoms with Gasteiger partial charge in [0.1, 0.15) is 0 Å². The minimum absolute atomic E-state index is 0.0371. The number of nitrogens with two attached hydrogens (primary N) is 3. The second kappa shape index (κ2) is 7.76. The summed E-state index contributed by atoms with van der Waals surface area (Å²) in [6.07, 6.45) is 0. The van der Waals surface area contributed by atoms with E-state index in [0.717, 1.165) is 0 Å². The molecule has 0 bridgehead atoms. The van der Waals surface area contributed by atoms with Crippen LogP contribution < -0.4 is 22.6 Å². The fourth-order valence-electron chi connectivity index (χ4n) is 1.51. The average molecular weight is 331 g/mol. The summed E-state index contributed by atoms with van der Waals surface area (Å²) < 4.78 is 0. The van der Waals surface area contributed by atoms with Crippen LogP contribution in [-0.4, -0.2) is 11.9 Å². The van der Waals surface area contributed by atoms with E-state index in [1.807, 2.05) is 0 Å². The molecule has 7 N–H and O–H groups in total. The molecule has 2 rings (SSSR count). The summed E-state index contributed by atoms with van der Waals surface area (Å²) in [4.78, 5) is 4.10. The van der Waals surface area contributed by atoms with E-state index in [2.05, 4.69) is 25.7 Å². The molecule has 0 aliphatic rings. The first-order valence-corrected chi connectivity index (χ1v) is 6.87. The molecular formula is C14H15ClN8. The average Bonchev–Trinajstić information content (AvgIpc) is 2.54. The highest BCUT2D eigenvalue weighted by Gasteiger charge is 1.95. The SMILES string of the molecule is NC(N)=NNc1ccc(N=NC(N)=Nc2ccc(Cl)cc2)cc1. The van der Waals surface area contributed by atoms with Crippen molar-refractivity contribution in [2.75, 3.05) is 5.43 Å². The van der Waals surface area contributed by atoms with Crippen LogP contribution in [0.2, 0.25) is 5.02 Å². The Bertz CT molecular complexity index is 730. The number of nitrogens with one attached hydrogen (secondary N) is 1. The Morgan fingerprint density at radius 3 is 2.09 bits per heavy atom. The van der Waals surface area contributed by atoms with E-state index in [1.54, 1.807) is 48.5 Å². The summed E-state index contributed by atoms with van der Waals surface area (Å²) in [5, 5.41) is 12.1. The van der Waals surface area contributed by atoms with Crippen molar-refractivity contribution in [2.24, 2.45) is 37.5 Å². The monoisotopic (exact) mass is 330 g/mol. The summed E-state index contributed by atoms with van der Waals surface area (Å²) in [5.74, 6) is -0.0185. The van der Waals surface area contributed by atoms with Crippen LogP contribution in [0, 0.1) is 0 Å². The number of nitrogens with zero attached hydrogens (tertiary/aromatic N) is 4. The zero-order chi connectivity index (χ0) is 16.7. The van der Waals surface area contributed by atoms with E-state index in [-0.39, 0.29) is 11.9 Å². The lowest BCUT2D eigenvalue weighted by Gasteiger charge is -2.00. The molecular weight excluding hydrogens is 316 g/mol. The van der Waals surface area contributed by atoms with E-state index >= 15 is 0 Å². The van der Waals surface area contributed by atoms with E-state index in [0.29, 0.717) is 22.1 Å². The third kappa shape index (κ3) is 5.64. The molecule has 0 heterocycles. The van der Waals surface area contributed by atoms with Crippen LogP contribution in [0.15, 0.2) is 68.9 Å². The smallest absolute Gasteiger partial charge is 0.240 e. The van der Waals surface area contributed by atoms with Gasteiger partial charge < -0.3 is 17.2 Å². The molecule has 0 aliphatic heterocycles. The topological polar surface area (TPSA) is 140 Å². The first-order chi connectivity index (χ1) is 11.0. The predicted molar refractivity (Wildman–Crippen MR) is 93.1 cm³/mol. The Hall–Kier alpha value is -3.13. The third-order valence-electron chi connectivity index (χ3n) is 2.52. The van der Waals surface area contributed by atoms with E-state index in [9.17, 15) is 0 Å². The molecule has 0 saturated heterocycles. The largest absolute Gasteiger partial charge is 0.369 e. The van der Waals surface area contributed by atoms with Crippen molar-refractivity contribution >= 4 is 40.6 Å². The van der Waals surface area contributed by atoms with Gasteiger partial charge in [0.25, 0.3) is 0 Å². The van der Waals surface area contributed by atoms with Crippen molar-refractivity contribution in [1.29, 1.82) is 0 Å². The number of aliphatic imine (C=N–C) groups is 1. The summed E-state index contributed by atoms with van der Waals surface area (Å²) in [7, 11) is 0. The van der Waals surface area contributed by atoms with E-state index in [1.165, 1.54) is 0 Å². The second-order valence-electron chi connectivity index (χ2n) is 4.34. The maximum absolute atomic E-state index is 5.79. The van der Waals surface area contributed by atoms with Crippen molar-refractivity contribution in [1.82, 2.24) is 0 Å². The molecule has 0 unspecified atom stereocenters. The lowest BCUT2D eigenvalue weighted by atomic mass is 10.3. The van der Waals surface area contributed by atoms with Gasteiger partial charge in [0.05, 0.1) is 17.1 Å². The van der Waals surface area contributed by atoms with Crippen LogP contribution >= 0.6 is 11.6 Å². The van der Waals surface area contributed by atoms with Crippen molar-refractivity contribution in [3.05, 3.63) is 53.6 Å². The van der Waals surface area contributed by atoms with Gasteiger partial charge in [-0.2, -0.15) is 0 Å². The number of hydrogen-bond acceptors (Lipinski definition) is 4. The zero-order valence-electron chi connectivity index (χ0n) is 12.0. The van der Waals surface area contributed by atoms with Gasteiger partial charge >= 0.3 is 0 Å². The second-order valence-corrected chi connectivity index (χ2v) is 4.78. The Balaban J connectivity index is 2.01. The van der Waals surface area contributed by atoms with Gasteiger partial charge in [0.15, 0.2) is 0 Å². The Labute approximate surface area is 137 Å². The fraction of sp³-hybridized carbons (Fsp3) is 0. The zero-order valence-corrected chi connectivity index (χ0v) is 12.8. The lowest BCUT2D eigenvalue weighted by molar-refractivity contribution is 1.23. The molecule has 0 aromatic heterocycles. The van der Waals surface area contributed by atoms with Crippen LogP contribution in [0.4, 0.5) is 17.1 Å². The molecule has 0 atom stereocenters. The number of hydrazone groups is 1. The van der Waals surface area contributed by atoms with E-state index in [4.69, 9.17) is 28.8 Å². The molecule has 2 aromatic rings. The molecule has 2 aromatic carbocycles. The van der Waals surface area contributed by atoms with E-state index < -0.39 is 0 Å². The third-order valence-corrected chi connectivity index (χ3v) is 2.77. The highest BCUT2D eigenvalue weighted by atomic mass is 35.5. The molecule has 9 heteroatoms. The molecule has 118 valence electrons. The number of benzene rings is 2. The van der Waals surface area contributed by atoms with Crippen LogP contribution in [-0.2, 0) is 0 Å². The van der Waals surface area contributed by atoms with Gasteiger partial charge in [-0.05, 0) is 48.5 Å². The van der Waals surface area contributed by atoms with Crippen LogP contribution in [0.25, 0.3) is 0 Å². The van der Waals surface area contributed by atoms with Gasteiger partial charge in [-0.3, -0.25) is 5.43 Å². The quantitative estimate of drug-likeness (QED) is 0.296. The Kier molecular flexibility index (Phi) is 5.48. The van der Waals surface area contributed by atoms with Crippen molar-refractivity contribution in [3.8, 4) is 0 Å². The molecule has 0 saturated carbocycles. The molecule has 0 radical (unpaired) electrons. The normalized spacial score (nSPS) is 11.4. The standard InChI is InChI=1S/C14H15ClN8/c15-9-1-3-10(4-2-9)19-14(18)23-21-12-7-5-11(6-8-12)20-22-13(16)17/h1-8,20H,(H2,18,19)(H4,16,17,22). The maximum atomic E-state index is 5.79. The van der Waals surface area contributed by atoms with Crippen LogP contribution in [0.3, 0.4) is 0 Å². The summed E-state index contributed by atoms with van der Waals surface area (Å²) in [6.45, 7) is 0. The first-order valence-electron chi connectivity index (χ1n) is 6.49. The molecule has 0 fully saturated rings. The van der Waals surface area contributed by atoms with Gasteiger partial charge in [-0.25, -0.2) is 4.99 Å². The highest BCUT2D eigenvalue weighted by Crippen LogP contribution is 2.18. The molecule has 23 heavy (non-hydrogen) atoms. The predicted octanol–water partition coefficient (Wildman–Crippen LogP) is 2.67. The van der Waals surface area contributed by atoms with Gasteiger partial charge in [-0.1, -0.05) is 11.6 Å². The van der Waals surface area contributed by atoms with Crippen LogP contribution in [0.5, 0.6) is 0 Å². The van der Waals surface area contributed by atoms with Crippen molar-refractivity contribution < 1.29 is 0 Å². The molecule has 0 spiro atoms. The highest BCUT2D eigenvalue weighted by molar-refractivity contribution is 6.30. The fourth-order valence-corrected chi connectivity index (χ4v) is 1.64. The number of guanidine groups is 2. The number of hydrogen-bond donors (Lipinski definition) is 4. The van der Waals surface area contributed by atoms with Gasteiger partial charge in [0, 0.05) is 5.02 Å². The number of azo groups is 1. The van der Waals surface area contributed by atoms with Gasteiger partial charge in [0.2, 0.25) is 11.9 Å². The van der Waals surface area contributed by atoms with Gasteiger partial charge in [-0.15, -0.1) is 15.3 Å².